The molecule has 1 fully saturated rings. The second-order valence-electron chi connectivity index (χ2n) is 4.89. The molecule has 2 aromatic carbocycles. The van der Waals surface area contributed by atoms with Crippen LogP contribution in [0.5, 0.6) is 0 Å². The van der Waals surface area contributed by atoms with E-state index >= 15 is 0 Å². The van der Waals surface area contributed by atoms with E-state index in [1.54, 1.807) is 4.90 Å². The van der Waals surface area contributed by atoms with Crippen molar-refractivity contribution >= 4 is 41.4 Å². The number of benzene rings is 2. The first-order chi connectivity index (χ1) is 10.1. The number of likely N-dealkylation sites (tertiary alicyclic amines) is 1. The van der Waals surface area contributed by atoms with Crippen molar-refractivity contribution in [3.05, 3.63) is 70.8 Å². The van der Waals surface area contributed by atoms with Gasteiger partial charge in [0.15, 0.2) is 0 Å². The summed E-state index contributed by atoms with van der Waals surface area (Å²) in [5.74, 6) is 0.137. The van der Waals surface area contributed by atoms with Gasteiger partial charge in [0.25, 0.3) is 0 Å². The fraction of sp³-hybridized carbons (Fsp3) is 0.118. The predicted octanol–water partition coefficient (Wildman–Crippen LogP) is 2.55. The molecular formula is C17H14ClNOSe. The Balaban J connectivity index is 2.00. The molecular weight excluding hydrogens is 349 g/mol. The molecule has 1 heterocycles. The molecule has 0 aliphatic carbocycles. The number of likely N-dealkylation sites (N-methyl/N-ethyl adjacent to an activating group) is 1. The normalized spacial score (nSPS) is 16.7. The van der Waals surface area contributed by atoms with Crippen molar-refractivity contribution in [2.45, 2.75) is 0 Å². The monoisotopic (exact) mass is 363 g/mol. The van der Waals surface area contributed by atoms with Crippen LogP contribution in [0.15, 0.2) is 60.2 Å². The van der Waals surface area contributed by atoms with Gasteiger partial charge in [0.2, 0.25) is 0 Å². The molecule has 3 rings (SSSR count). The molecule has 1 amide bonds. The Bertz CT molecular complexity index is 694. The van der Waals surface area contributed by atoms with Gasteiger partial charge in [0.05, 0.1) is 0 Å². The second-order valence-corrected chi connectivity index (χ2v) is 7.60. The van der Waals surface area contributed by atoms with E-state index in [0.717, 1.165) is 22.2 Å². The number of rotatable bonds is 3. The molecule has 1 aliphatic heterocycles. The second kappa shape index (κ2) is 6.07. The topological polar surface area (TPSA) is 20.3 Å². The molecule has 106 valence electrons. The van der Waals surface area contributed by atoms with E-state index < -0.39 is 0 Å². The molecule has 0 atom stereocenters. The van der Waals surface area contributed by atoms with Crippen molar-refractivity contribution in [2.75, 3.05) is 13.6 Å². The van der Waals surface area contributed by atoms with Crippen molar-refractivity contribution in [3.63, 3.8) is 0 Å². The number of carbonyl (C=O) groups excluding carboxylic acids is 1. The SMILES string of the molecule is CN1C/C(=C(/[Se]c2ccccc2)c2ccc(Cl)cc2)C1=O. The molecule has 2 aromatic rings. The number of amides is 1. The maximum atomic E-state index is 12.1. The fourth-order valence-corrected chi connectivity index (χ4v) is 4.53. The minimum absolute atomic E-state index is 0.112. The van der Waals surface area contributed by atoms with E-state index in [1.165, 1.54) is 4.46 Å². The Morgan fingerprint density at radius 3 is 2.33 bits per heavy atom. The van der Waals surface area contributed by atoms with Crippen LogP contribution in [0.25, 0.3) is 4.47 Å². The Kier molecular flexibility index (Phi) is 4.16. The van der Waals surface area contributed by atoms with E-state index in [1.807, 2.05) is 49.5 Å². The molecule has 0 N–H and O–H groups in total. The van der Waals surface area contributed by atoms with Gasteiger partial charge in [0, 0.05) is 0 Å². The van der Waals surface area contributed by atoms with E-state index in [0.29, 0.717) is 5.02 Å². The van der Waals surface area contributed by atoms with Crippen LogP contribution in [0.3, 0.4) is 0 Å². The Morgan fingerprint density at radius 2 is 1.76 bits per heavy atom. The van der Waals surface area contributed by atoms with Crippen LogP contribution >= 0.6 is 11.6 Å². The van der Waals surface area contributed by atoms with Gasteiger partial charge in [-0.15, -0.1) is 0 Å². The zero-order valence-corrected chi connectivity index (χ0v) is 14.0. The predicted molar refractivity (Wildman–Crippen MR) is 87.8 cm³/mol. The molecule has 0 saturated carbocycles. The van der Waals surface area contributed by atoms with Gasteiger partial charge >= 0.3 is 135 Å². The van der Waals surface area contributed by atoms with Crippen LogP contribution in [-0.4, -0.2) is 39.4 Å². The molecule has 1 saturated heterocycles. The number of hydrogen-bond donors (Lipinski definition) is 0. The van der Waals surface area contributed by atoms with Crippen molar-refractivity contribution in [1.29, 1.82) is 0 Å². The van der Waals surface area contributed by atoms with Crippen molar-refractivity contribution in [3.8, 4) is 0 Å². The zero-order valence-electron chi connectivity index (χ0n) is 11.5. The van der Waals surface area contributed by atoms with Gasteiger partial charge in [-0.3, -0.25) is 0 Å². The number of nitrogens with zero attached hydrogens (tertiary/aromatic N) is 1. The van der Waals surface area contributed by atoms with Gasteiger partial charge in [-0.25, -0.2) is 0 Å². The molecule has 0 spiro atoms. The molecule has 1 aliphatic rings. The van der Waals surface area contributed by atoms with E-state index in [9.17, 15) is 4.79 Å². The maximum absolute atomic E-state index is 12.1. The summed E-state index contributed by atoms with van der Waals surface area (Å²) in [6, 6.07) is 18.1. The summed E-state index contributed by atoms with van der Waals surface area (Å²) in [5, 5.41) is 0.715. The quantitative estimate of drug-likeness (QED) is 0.467. The summed E-state index contributed by atoms with van der Waals surface area (Å²) in [4.78, 5) is 13.8. The fourth-order valence-electron chi connectivity index (χ4n) is 2.19. The first-order valence-corrected chi connectivity index (χ1v) is 8.72. The summed E-state index contributed by atoms with van der Waals surface area (Å²) in [5.41, 5.74) is 2.03. The van der Waals surface area contributed by atoms with Crippen LogP contribution < -0.4 is 4.46 Å². The minimum atomic E-state index is 0.112. The molecule has 0 aromatic heterocycles. The van der Waals surface area contributed by atoms with E-state index in [-0.39, 0.29) is 20.9 Å². The van der Waals surface area contributed by atoms with E-state index in [2.05, 4.69) is 12.1 Å². The van der Waals surface area contributed by atoms with Gasteiger partial charge in [-0.2, -0.15) is 0 Å². The average Bonchev–Trinajstić information content (AvgIpc) is 2.52. The van der Waals surface area contributed by atoms with Crippen LogP contribution in [0.1, 0.15) is 5.56 Å². The van der Waals surface area contributed by atoms with Gasteiger partial charge < -0.3 is 0 Å². The Hall–Kier alpha value is -1.54. The molecule has 0 unspecified atom stereocenters. The Labute approximate surface area is 135 Å². The summed E-state index contributed by atoms with van der Waals surface area (Å²) in [6.07, 6.45) is 0. The molecule has 0 bridgehead atoms. The first-order valence-electron chi connectivity index (χ1n) is 6.62. The molecule has 0 radical (unpaired) electrons. The van der Waals surface area contributed by atoms with Gasteiger partial charge in [-0.1, -0.05) is 0 Å². The van der Waals surface area contributed by atoms with Crippen molar-refractivity contribution in [2.24, 2.45) is 0 Å². The van der Waals surface area contributed by atoms with Crippen molar-refractivity contribution in [1.82, 2.24) is 4.90 Å². The van der Waals surface area contributed by atoms with Crippen molar-refractivity contribution < 1.29 is 4.79 Å². The third kappa shape index (κ3) is 3.05. The summed E-state index contributed by atoms with van der Waals surface area (Å²) < 4.78 is 2.43. The third-order valence-corrected chi connectivity index (χ3v) is 6.10. The summed E-state index contributed by atoms with van der Waals surface area (Å²) >= 11 is 6.08. The number of carbonyl (C=O) groups is 1. The van der Waals surface area contributed by atoms with Crippen LogP contribution in [0, 0.1) is 0 Å². The first kappa shape index (κ1) is 14.4. The third-order valence-electron chi connectivity index (χ3n) is 3.34. The summed E-state index contributed by atoms with van der Waals surface area (Å²) in [6.45, 7) is 0.728. The van der Waals surface area contributed by atoms with Crippen LogP contribution in [-0.2, 0) is 4.79 Å². The molecule has 2 nitrogen and oxygen atoms in total. The molecule has 4 heteroatoms. The number of β-lactam (4-membered cyclic amide) rings is 1. The standard InChI is InChI=1S/C17H14ClNOSe/c1-19-11-15(17(19)20)16(12-7-9-13(18)10-8-12)21-14-5-3-2-4-6-14/h2-10H,11H2,1H3/b16-15-. The van der Waals surface area contributed by atoms with E-state index in [4.69, 9.17) is 11.6 Å². The zero-order chi connectivity index (χ0) is 14.8. The summed E-state index contributed by atoms with van der Waals surface area (Å²) in [7, 11) is 1.83. The Morgan fingerprint density at radius 1 is 1.10 bits per heavy atom. The van der Waals surface area contributed by atoms with Crippen LogP contribution in [0.2, 0.25) is 5.02 Å². The number of hydrogen-bond acceptors (Lipinski definition) is 1. The van der Waals surface area contributed by atoms with Gasteiger partial charge in [0.1, 0.15) is 0 Å². The number of halogens is 1. The van der Waals surface area contributed by atoms with Gasteiger partial charge in [-0.05, 0) is 0 Å². The average molecular weight is 363 g/mol. The van der Waals surface area contributed by atoms with Crippen LogP contribution in [0.4, 0.5) is 0 Å². The molecule has 21 heavy (non-hydrogen) atoms.